The zero-order chi connectivity index (χ0) is 23.3. The van der Waals surface area contributed by atoms with Crippen LogP contribution in [-0.4, -0.2) is 28.2 Å². The molecule has 0 aliphatic heterocycles. The Bertz CT molecular complexity index is 1250. The van der Waals surface area contributed by atoms with Crippen molar-refractivity contribution in [2.45, 2.75) is 105 Å². The zero-order valence-corrected chi connectivity index (χ0v) is 19.9. The van der Waals surface area contributed by atoms with Crippen molar-refractivity contribution in [3.63, 3.8) is 0 Å². The van der Waals surface area contributed by atoms with Gasteiger partial charge in [-0.15, -0.1) is 0 Å². The summed E-state index contributed by atoms with van der Waals surface area (Å²) in [5.74, 6) is 0. The highest BCUT2D eigenvalue weighted by Gasteiger charge is 2.21. The van der Waals surface area contributed by atoms with Crippen LogP contribution in [0.1, 0.15) is 79.1 Å². The maximum atomic E-state index is 13.3. The Kier molecular flexibility index (Phi) is 8.04. The molecule has 0 radical (unpaired) electrons. The van der Waals surface area contributed by atoms with E-state index in [1.165, 1.54) is 4.57 Å². The van der Waals surface area contributed by atoms with E-state index < -0.39 is 5.56 Å². The normalized spacial score (nSPS) is 11.8. The van der Waals surface area contributed by atoms with Gasteiger partial charge in [-0.25, -0.2) is 19.6 Å². The molecule has 0 saturated heterocycles. The summed E-state index contributed by atoms with van der Waals surface area (Å²) in [4.78, 5) is 49.1. The largest absolute Gasteiger partial charge is 0.332 e. The van der Waals surface area contributed by atoms with Crippen LogP contribution < -0.4 is 16.9 Å². The lowest BCUT2D eigenvalue weighted by Gasteiger charge is -2.13. The molecule has 0 saturated carbocycles. The lowest BCUT2D eigenvalue weighted by atomic mass is 10.3. The van der Waals surface area contributed by atoms with Crippen molar-refractivity contribution in [2.75, 3.05) is 0 Å². The third-order valence-electron chi connectivity index (χ3n) is 5.92. The molecule has 0 fully saturated rings. The SMILES string of the molecule is CCCCn1c(=O)c2nc3c(nc2n(CCCC)c1=O)n(CCCC)c(=O)n3CCCC. The molecule has 3 rings (SSSR count). The number of unbranched alkanes of at least 4 members (excludes halogenated alkanes) is 4. The van der Waals surface area contributed by atoms with Crippen molar-refractivity contribution in [2.24, 2.45) is 0 Å². The third kappa shape index (κ3) is 4.42. The highest BCUT2D eigenvalue weighted by Crippen LogP contribution is 2.15. The molecular formula is C23H36N6O3. The molecule has 0 spiro atoms. The fourth-order valence-electron chi connectivity index (χ4n) is 3.95. The first-order valence-electron chi connectivity index (χ1n) is 12.1. The Morgan fingerprint density at radius 2 is 0.906 bits per heavy atom. The lowest BCUT2D eigenvalue weighted by Crippen LogP contribution is -2.41. The molecule has 0 aliphatic carbocycles. The lowest BCUT2D eigenvalue weighted by molar-refractivity contribution is 0.529. The predicted octanol–water partition coefficient (Wildman–Crippen LogP) is 3.27. The molecule has 3 aromatic rings. The quantitative estimate of drug-likeness (QED) is 0.427. The van der Waals surface area contributed by atoms with Crippen molar-refractivity contribution in [1.29, 1.82) is 0 Å². The number of hydrogen-bond acceptors (Lipinski definition) is 5. The summed E-state index contributed by atoms with van der Waals surface area (Å²) < 4.78 is 6.14. The Morgan fingerprint density at radius 1 is 0.531 bits per heavy atom. The molecule has 0 N–H and O–H groups in total. The average Bonchev–Trinajstić information content (AvgIpc) is 3.04. The van der Waals surface area contributed by atoms with Gasteiger partial charge in [0.25, 0.3) is 5.56 Å². The van der Waals surface area contributed by atoms with Gasteiger partial charge in [0.1, 0.15) is 0 Å². The third-order valence-corrected chi connectivity index (χ3v) is 5.92. The van der Waals surface area contributed by atoms with Gasteiger partial charge >= 0.3 is 11.4 Å². The van der Waals surface area contributed by atoms with Crippen molar-refractivity contribution in [3.05, 3.63) is 31.3 Å². The molecule has 0 unspecified atom stereocenters. The Morgan fingerprint density at radius 3 is 1.38 bits per heavy atom. The molecule has 9 heteroatoms. The maximum Gasteiger partial charge on any atom is 0.332 e. The van der Waals surface area contributed by atoms with Crippen LogP contribution in [-0.2, 0) is 26.2 Å². The molecule has 9 nitrogen and oxygen atoms in total. The second kappa shape index (κ2) is 10.7. The van der Waals surface area contributed by atoms with Crippen molar-refractivity contribution >= 4 is 22.5 Å². The van der Waals surface area contributed by atoms with Crippen LogP contribution in [0.4, 0.5) is 0 Å². The van der Waals surface area contributed by atoms with Gasteiger partial charge in [0.05, 0.1) is 0 Å². The molecule has 3 aromatic heterocycles. The maximum absolute atomic E-state index is 13.3. The van der Waals surface area contributed by atoms with Gasteiger partial charge in [-0.1, -0.05) is 53.4 Å². The van der Waals surface area contributed by atoms with E-state index in [0.29, 0.717) is 37.5 Å². The van der Waals surface area contributed by atoms with Gasteiger partial charge < -0.3 is 0 Å². The Labute approximate surface area is 187 Å². The minimum atomic E-state index is -0.420. The van der Waals surface area contributed by atoms with Gasteiger partial charge in [0.2, 0.25) is 0 Å². The summed E-state index contributed by atoms with van der Waals surface area (Å²) in [6.07, 6.45) is 6.87. The molecule has 0 amide bonds. The van der Waals surface area contributed by atoms with Crippen LogP contribution in [0, 0.1) is 0 Å². The summed E-state index contributed by atoms with van der Waals surface area (Å²) >= 11 is 0. The van der Waals surface area contributed by atoms with E-state index in [1.807, 2.05) is 6.92 Å². The van der Waals surface area contributed by atoms with Crippen molar-refractivity contribution in [1.82, 2.24) is 28.2 Å². The molecule has 0 aliphatic rings. The van der Waals surface area contributed by atoms with Gasteiger partial charge in [-0.05, 0) is 25.7 Å². The molecular weight excluding hydrogens is 408 g/mol. The number of nitrogens with zero attached hydrogens (tertiary/aromatic N) is 6. The van der Waals surface area contributed by atoms with Gasteiger partial charge in [-0.3, -0.25) is 23.1 Å². The molecule has 0 atom stereocenters. The van der Waals surface area contributed by atoms with E-state index in [9.17, 15) is 14.4 Å². The second-order valence-electron chi connectivity index (χ2n) is 8.43. The highest BCUT2D eigenvalue weighted by atomic mass is 16.2. The number of aryl methyl sites for hydroxylation is 3. The van der Waals surface area contributed by atoms with E-state index in [1.54, 1.807) is 13.7 Å². The van der Waals surface area contributed by atoms with Crippen LogP contribution >= 0.6 is 0 Å². The van der Waals surface area contributed by atoms with Crippen LogP contribution in [0.3, 0.4) is 0 Å². The first kappa shape index (κ1) is 23.9. The van der Waals surface area contributed by atoms with Crippen molar-refractivity contribution < 1.29 is 0 Å². The van der Waals surface area contributed by atoms with E-state index >= 15 is 0 Å². The predicted molar refractivity (Wildman–Crippen MR) is 127 cm³/mol. The summed E-state index contributed by atoms with van der Waals surface area (Å²) in [6, 6.07) is 0. The van der Waals surface area contributed by atoms with E-state index in [2.05, 4.69) is 25.8 Å². The molecule has 32 heavy (non-hydrogen) atoms. The standard InChI is InChI=1S/C23H36N6O3/c1-5-9-13-26-18-17(21(30)29(23(26)32)16-12-8-4)24-19-20(25-18)28(15-11-7-3)22(31)27(19)14-10-6-2/h5-16H2,1-4H3. The summed E-state index contributed by atoms with van der Waals surface area (Å²) in [5.41, 5.74) is 0.441. The van der Waals surface area contributed by atoms with Crippen LogP contribution in [0.15, 0.2) is 14.4 Å². The molecule has 3 heterocycles. The monoisotopic (exact) mass is 444 g/mol. The van der Waals surface area contributed by atoms with Crippen LogP contribution in [0.2, 0.25) is 0 Å². The number of rotatable bonds is 12. The molecule has 176 valence electrons. The van der Waals surface area contributed by atoms with E-state index in [4.69, 9.17) is 4.98 Å². The average molecular weight is 445 g/mol. The van der Waals surface area contributed by atoms with Gasteiger partial charge in [-0.2, -0.15) is 0 Å². The zero-order valence-electron chi connectivity index (χ0n) is 19.9. The first-order chi connectivity index (χ1) is 15.5. The van der Waals surface area contributed by atoms with E-state index in [-0.39, 0.29) is 22.5 Å². The minimum absolute atomic E-state index is 0.147. The number of hydrogen-bond donors (Lipinski definition) is 0. The number of aromatic nitrogens is 6. The van der Waals surface area contributed by atoms with Gasteiger partial charge in [0, 0.05) is 26.2 Å². The second-order valence-corrected chi connectivity index (χ2v) is 8.43. The molecule has 0 bridgehead atoms. The van der Waals surface area contributed by atoms with Crippen LogP contribution in [0.25, 0.3) is 22.5 Å². The smallest absolute Gasteiger partial charge is 0.276 e. The Balaban J connectivity index is 2.39. The fraction of sp³-hybridized carbons (Fsp3) is 0.696. The van der Waals surface area contributed by atoms with Crippen LogP contribution in [0.5, 0.6) is 0 Å². The fourth-order valence-corrected chi connectivity index (χ4v) is 3.95. The van der Waals surface area contributed by atoms with Crippen molar-refractivity contribution in [3.8, 4) is 0 Å². The summed E-state index contributed by atoms with van der Waals surface area (Å²) in [6.45, 7) is 10.1. The summed E-state index contributed by atoms with van der Waals surface area (Å²) in [7, 11) is 0. The minimum Gasteiger partial charge on any atom is -0.276 e. The Hall–Kier alpha value is -2.71. The van der Waals surface area contributed by atoms with E-state index in [0.717, 1.165) is 51.4 Å². The van der Waals surface area contributed by atoms with Gasteiger partial charge in [0.15, 0.2) is 22.5 Å². The number of fused-ring (bicyclic) bond motifs is 2. The molecule has 0 aromatic carbocycles. The highest BCUT2D eigenvalue weighted by molar-refractivity contribution is 5.80. The summed E-state index contributed by atoms with van der Waals surface area (Å²) in [5, 5.41) is 0. The first-order valence-corrected chi connectivity index (χ1v) is 12.1. The number of imidazole rings is 1. The topological polar surface area (TPSA) is 96.7 Å².